The van der Waals surface area contributed by atoms with Crippen LogP contribution in [0.25, 0.3) is 0 Å². The van der Waals surface area contributed by atoms with Gasteiger partial charge in [0.1, 0.15) is 11.9 Å². The summed E-state index contributed by atoms with van der Waals surface area (Å²) in [6.07, 6.45) is 3.56. The summed E-state index contributed by atoms with van der Waals surface area (Å²) in [6.45, 7) is 0. The van der Waals surface area contributed by atoms with Crippen molar-refractivity contribution >= 4 is 23.3 Å². The molecule has 2 N–H and O–H groups in total. The van der Waals surface area contributed by atoms with Crippen LogP contribution >= 0.6 is 11.6 Å². The van der Waals surface area contributed by atoms with E-state index < -0.39 is 0 Å². The molecule has 2 amide bonds. The van der Waals surface area contributed by atoms with Crippen molar-refractivity contribution in [3.05, 3.63) is 83.4 Å². The average Bonchev–Trinajstić information content (AvgIpc) is 2.99. The van der Waals surface area contributed by atoms with Crippen LogP contribution in [-0.4, -0.2) is 15.6 Å². The van der Waals surface area contributed by atoms with E-state index in [1.807, 2.05) is 48.1 Å². The second kappa shape index (κ2) is 7.19. The minimum atomic E-state index is -0.356. The number of anilines is 1. The lowest BCUT2D eigenvalue weighted by atomic mass is 10.1. The van der Waals surface area contributed by atoms with Gasteiger partial charge in [-0.2, -0.15) is 0 Å². The molecular weight excluding hydrogens is 324 g/mol. The van der Waals surface area contributed by atoms with Gasteiger partial charge < -0.3 is 15.2 Å². The molecule has 0 fully saturated rings. The molecule has 6 heteroatoms. The molecule has 122 valence electrons. The number of amides is 2. The third-order valence-electron chi connectivity index (χ3n) is 3.61. The molecule has 1 unspecified atom stereocenters. The van der Waals surface area contributed by atoms with Crippen LogP contribution in [-0.2, 0) is 7.05 Å². The molecule has 1 aromatic heterocycles. The van der Waals surface area contributed by atoms with Crippen molar-refractivity contribution in [1.29, 1.82) is 0 Å². The number of urea groups is 1. The van der Waals surface area contributed by atoms with Crippen LogP contribution in [0.15, 0.2) is 67.0 Å². The maximum Gasteiger partial charge on any atom is 0.320 e. The molecule has 0 radical (unpaired) electrons. The number of nitrogens with one attached hydrogen (secondary N) is 2. The quantitative estimate of drug-likeness (QED) is 0.754. The van der Waals surface area contributed by atoms with Gasteiger partial charge in [-0.05, 0) is 23.8 Å². The highest BCUT2D eigenvalue weighted by Crippen LogP contribution is 2.21. The Kier molecular flexibility index (Phi) is 4.82. The average molecular weight is 341 g/mol. The van der Waals surface area contributed by atoms with Crippen LogP contribution in [0.3, 0.4) is 0 Å². The molecule has 3 aromatic rings. The Labute approximate surface area is 145 Å². The summed E-state index contributed by atoms with van der Waals surface area (Å²) in [5, 5.41) is 6.33. The SMILES string of the molecule is Cn1ccnc1C(NC(=O)Nc1cccc(Cl)c1)c1ccccc1. The number of halogens is 1. The summed E-state index contributed by atoms with van der Waals surface area (Å²) in [7, 11) is 1.90. The summed E-state index contributed by atoms with van der Waals surface area (Å²) in [5.41, 5.74) is 1.58. The van der Waals surface area contributed by atoms with E-state index >= 15 is 0 Å². The summed E-state index contributed by atoms with van der Waals surface area (Å²) in [6, 6.07) is 16.0. The number of hydrogen-bond acceptors (Lipinski definition) is 2. The van der Waals surface area contributed by atoms with Crippen LogP contribution in [0.4, 0.5) is 10.5 Å². The Balaban J connectivity index is 1.82. The largest absolute Gasteiger partial charge is 0.336 e. The highest BCUT2D eigenvalue weighted by atomic mass is 35.5. The normalized spacial score (nSPS) is 11.8. The smallest absolute Gasteiger partial charge is 0.320 e. The zero-order chi connectivity index (χ0) is 16.9. The standard InChI is InChI=1S/C18H17ClN4O/c1-23-11-10-20-17(23)16(13-6-3-2-4-7-13)22-18(24)21-15-9-5-8-14(19)12-15/h2-12,16H,1H3,(H2,21,22,24). The fourth-order valence-electron chi connectivity index (χ4n) is 2.46. The number of carbonyl (C=O) groups is 1. The first-order valence-electron chi connectivity index (χ1n) is 7.49. The first-order chi connectivity index (χ1) is 11.6. The predicted molar refractivity (Wildman–Crippen MR) is 95.1 cm³/mol. The molecule has 1 atom stereocenters. The monoisotopic (exact) mass is 340 g/mol. The molecule has 0 saturated heterocycles. The second-order valence-electron chi connectivity index (χ2n) is 5.35. The maximum absolute atomic E-state index is 12.4. The third-order valence-corrected chi connectivity index (χ3v) is 3.84. The molecule has 0 saturated carbocycles. The van der Waals surface area contributed by atoms with Crippen LogP contribution < -0.4 is 10.6 Å². The van der Waals surface area contributed by atoms with Gasteiger partial charge >= 0.3 is 6.03 Å². The van der Waals surface area contributed by atoms with Gasteiger partial charge in [0.05, 0.1) is 0 Å². The number of aromatic nitrogens is 2. The van der Waals surface area contributed by atoms with Crippen LogP contribution in [0.2, 0.25) is 5.02 Å². The lowest BCUT2D eigenvalue weighted by molar-refractivity contribution is 0.249. The second-order valence-corrected chi connectivity index (χ2v) is 5.79. The summed E-state index contributed by atoms with van der Waals surface area (Å²) in [5.74, 6) is 0.752. The zero-order valence-corrected chi connectivity index (χ0v) is 13.9. The first kappa shape index (κ1) is 16.1. The minimum absolute atomic E-state index is 0.325. The topological polar surface area (TPSA) is 59.0 Å². The number of carbonyl (C=O) groups excluding carboxylic acids is 1. The van der Waals surface area contributed by atoms with Crippen LogP contribution in [0, 0.1) is 0 Å². The van der Waals surface area contributed by atoms with Gasteiger partial charge in [0.15, 0.2) is 0 Å². The van der Waals surface area contributed by atoms with Gasteiger partial charge in [0.25, 0.3) is 0 Å². The van der Waals surface area contributed by atoms with Gasteiger partial charge in [-0.3, -0.25) is 0 Å². The molecule has 0 aliphatic carbocycles. The molecule has 0 spiro atoms. The molecule has 2 aromatic carbocycles. The molecule has 1 heterocycles. The predicted octanol–water partition coefficient (Wildman–Crippen LogP) is 3.98. The van der Waals surface area contributed by atoms with E-state index in [1.54, 1.807) is 30.5 Å². The minimum Gasteiger partial charge on any atom is -0.336 e. The lowest BCUT2D eigenvalue weighted by Crippen LogP contribution is -2.34. The van der Waals surface area contributed by atoms with Crippen LogP contribution in [0.5, 0.6) is 0 Å². The Morgan fingerprint density at radius 3 is 2.62 bits per heavy atom. The van der Waals surface area contributed by atoms with Crippen molar-refractivity contribution in [3.63, 3.8) is 0 Å². The number of rotatable bonds is 4. The molecule has 5 nitrogen and oxygen atoms in total. The molecule has 0 aliphatic rings. The maximum atomic E-state index is 12.4. The van der Waals surface area contributed by atoms with E-state index in [9.17, 15) is 4.79 Å². The van der Waals surface area contributed by atoms with Gasteiger partial charge in [-0.25, -0.2) is 9.78 Å². The van der Waals surface area contributed by atoms with E-state index in [4.69, 9.17) is 11.6 Å². The Morgan fingerprint density at radius 2 is 1.96 bits per heavy atom. The zero-order valence-electron chi connectivity index (χ0n) is 13.1. The number of imidazole rings is 1. The number of aryl methyl sites for hydroxylation is 1. The van der Waals surface area contributed by atoms with Crippen molar-refractivity contribution in [2.45, 2.75) is 6.04 Å². The van der Waals surface area contributed by atoms with Gasteiger partial charge in [-0.1, -0.05) is 48.0 Å². The molecule has 0 aliphatic heterocycles. The third kappa shape index (κ3) is 3.75. The molecular formula is C18H17ClN4O. The highest BCUT2D eigenvalue weighted by molar-refractivity contribution is 6.30. The number of benzene rings is 2. The van der Waals surface area contributed by atoms with E-state index in [2.05, 4.69) is 15.6 Å². The Morgan fingerprint density at radius 1 is 1.17 bits per heavy atom. The number of hydrogen-bond donors (Lipinski definition) is 2. The Bertz CT molecular complexity index is 832. The van der Waals surface area contributed by atoms with Crippen molar-refractivity contribution in [2.75, 3.05) is 5.32 Å². The fraction of sp³-hybridized carbons (Fsp3) is 0.111. The summed E-state index contributed by atoms with van der Waals surface area (Å²) >= 11 is 5.95. The van der Waals surface area contributed by atoms with Crippen molar-refractivity contribution < 1.29 is 4.79 Å². The van der Waals surface area contributed by atoms with E-state index in [0.717, 1.165) is 11.4 Å². The van der Waals surface area contributed by atoms with Crippen LogP contribution in [0.1, 0.15) is 17.4 Å². The molecule has 3 rings (SSSR count). The summed E-state index contributed by atoms with van der Waals surface area (Å²) < 4.78 is 1.89. The molecule has 0 bridgehead atoms. The summed E-state index contributed by atoms with van der Waals surface area (Å²) in [4.78, 5) is 16.8. The van der Waals surface area contributed by atoms with Gasteiger partial charge in [0, 0.05) is 30.2 Å². The fourth-order valence-corrected chi connectivity index (χ4v) is 2.65. The van der Waals surface area contributed by atoms with Crippen molar-refractivity contribution in [3.8, 4) is 0 Å². The van der Waals surface area contributed by atoms with E-state index in [-0.39, 0.29) is 12.1 Å². The first-order valence-corrected chi connectivity index (χ1v) is 7.86. The lowest BCUT2D eigenvalue weighted by Gasteiger charge is -2.19. The van der Waals surface area contributed by atoms with Crippen molar-refractivity contribution in [2.24, 2.45) is 7.05 Å². The number of nitrogens with zero attached hydrogens (tertiary/aromatic N) is 2. The van der Waals surface area contributed by atoms with Gasteiger partial charge in [0.2, 0.25) is 0 Å². The van der Waals surface area contributed by atoms with E-state index in [1.165, 1.54) is 0 Å². The van der Waals surface area contributed by atoms with Crippen molar-refractivity contribution in [1.82, 2.24) is 14.9 Å². The molecule has 24 heavy (non-hydrogen) atoms. The van der Waals surface area contributed by atoms with Gasteiger partial charge in [-0.15, -0.1) is 0 Å². The highest BCUT2D eigenvalue weighted by Gasteiger charge is 2.20. The van der Waals surface area contributed by atoms with E-state index in [0.29, 0.717) is 10.7 Å². The Hall–Kier alpha value is -2.79.